The first kappa shape index (κ1) is 10.5. The molecule has 0 amide bonds. The number of rotatable bonds is 1. The van der Waals surface area contributed by atoms with E-state index in [9.17, 15) is 0 Å². The Labute approximate surface area is 102 Å². The van der Waals surface area contributed by atoms with Crippen LogP contribution in [0, 0.1) is 12.3 Å². The Hall–Kier alpha value is -1.60. The van der Waals surface area contributed by atoms with Crippen LogP contribution >= 0.6 is 0 Å². The first-order valence-electron chi connectivity index (χ1n) is 6.05. The Kier molecular flexibility index (Phi) is 2.49. The van der Waals surface area contributed by atoms with Crippen LogP contribution in [0.5, 0.6) is 0 Å². The van der Waals surface area contributed by atoms with E-state index < -0.39 is 0 Å². The van der Waals surface area contributed by atoms with Crippen molar-refractivity contribution < 1.29 is 0 Å². The molecule has 1 aromatic heterocycles. The highest BCUT2D eigenvalue weighted by molar-refractivity contribution is 5.54. The maximum atomic E-state index is 5.51. The fraction of sp³-hybridized carbons (Fsp3) is 0.538. The molecule has 2 bridgehead atoms. The summed E-state index contributed by atoms with van der Waals surface area (Å²) in [5.41, 5.74) is 0.851. The number of fused-ring (bicyclic) bond motifs is 2. The van der Waals surface area contributed by atoms with E-state index in [-0.39, 0.29) is 0 Å². The second kappa shape index (κ2) is 4.01. The van der Waals surface area contributed by atoms with Gasteiger partial charge in [-0.1, -0.05) is 5.92 Å². The van der Waals surface area contributed by atoms with Crippen LogP contribution in [0.15, 0.2) is 12.3 Å². The quantitative estimate of drug-likeness (QED) is 0.664. The Morgan fingerprint density at radius 2 is 2.06 bits per heavy atom. The van der Waals surface area contributed by atoms with Gasteiger partial charge in [0.1, 0.15) is 0 Å². The van der Waals surface area contributed by atoms with E-state index in [0.29, 0.717) is 12.1 Å². The summed E-state index contributed by atoms with van der Waals surface area (Å²) in [6.45, 7) is 2.03. The van der Waals surface area contributed by atoms with Crippen LogP contribution in [-0.2, 0) is 0 Å². The minimum atomic E-state index is 0.640. The van der Waals surface area contributed by atoms with Crippen molar-refractivity contribution >= 4 is 5.82 Å². The highest BCUT2D eigenvalue weighted by Gasteiger charge is 2.38. The molecule has 2 aliphatic rings. The third kappa shape index (κ3) is 1.67. The Bertz CT molecular complexity index is 451. The number of hydrogen-bond acceptors (Lipinski definition) is 4. The smallest absolute Gasteiger partial charge is 0.167 e. The van der Waals surface area contributed by atoms with Crippen molar-refractivity contribution in [1.82, 2.24) is 15.1 Å². The van der Waals surface area contributed by atoms with E-state index >= 15 is 0 Å². The maximum absolute atomic E-state index is 5.51. The molecular formula is C13H16N4. The van der Waals surface area contributed by atoms with Gasteiger partial charge in [0.25, 0.3) is 0 Å². The maximum Gasteiger partial charge on any atom is 0.167 e. The van der Waals surface area contributed by atoms with Crippen molar-refractivity contribution in [2.45, 2.75) is 24.9 Å². The van der Waals surface area contributed by atoms with Crippen molar-refractivity contribution in [1.29, 1.82) is 0 Å². The minimum absolute atomic E-state index is 0.640. The summed E-state index contributed by atoms with van der Waals surface area (Å²) < 4.78 is 0. The van der Waals surface area contributed by atoms with Gasteiger partial charge in [0.2, 0.25) is 0 Å². The number of nitrogens with zero attached hydrogens (tertiary/aromatic N) is 4. The lowest BCUT2D eigenvalue weighted by molar-refractivity contribution is 0.211. The number of anilines is 1. The molecule has 88 valence electrons. The molecular weight excluding hydrogens is 212 g/mol. The number of likely N-dealkylation sites (N-methyl/N-ethyl adjacent to an activating group) is 1. The third-order valence-corrected chi connectivity index (χ3v) is 4.00. The van der Waals surface area contributed by atoms with E-state index in [1.54, 1.807) is 6.20 Å². The molecule has 1 aromatic rings. The lowest BCUT2D eigenvalue weighted by Crippen LogP contribution is -2.52. The number of terminal acetylenes is 1. The number of hydrogen-bond donors (Lipinski definition) is 0. The summed E-state index contributed by atoms with van der Waals surface area (Å²) in [6, 6.07) is 3.14. The van der Waals surface area contributed by atoms with Crippen molar-refractivity contribution in [3.8, 4) is 12.3 Å². The second-order valence-electron chi connectivity index (χ2n) is 4.87. The molecule has 0 saturated carbocycles. The summed E-state index contributed by atoms with van der Waals surface area (Å²) in [5, 5.41) is 8.17. The van der Waals surface area contributed by atoms with Crippen LogP contribution in [-0.4, -0.2) is 47.3 Å². The van der Waals surface area contributed by atoms with E-state index in [0.717, 1.165) is 24.5 Å². The topological polar surface area (TPSA) is 32.3 Å². The van der Waals surface area contributed by atoms with Crippen LogP contribution in [0.2, 0.25) is 0 Å². The predicted molar refractivity (Wildman–Crippen MR) is 66.8 cm³/mol. The Balaban J connectivity index is 1.89. The molecule has 2 saturated heterocycles. The Morgan fingerprint density at radius 1 is 1.35 bits per heavy atom. The van der Waals surface area contributed by atoms with Crippen LogP contribution < -0.4 is 4.90 Å². The van der Waals surface area contributed by atoms with Gasteiger partial charge >= 0.3 is 0 Å². The van der Waals surface area contributed by atoms with Gasteiger partial charge in [-0.2, -0.15) is 5.10 Å². The standard InChI is InChI=1S/C13H16N4/c1-3-10-6-7-14-15-13(10)17-8-11-4-5-12(9-17)16(11)2/h1,6-7,11-12H,4-5,8-9H2,2H3. The van der Waals surface area contributed by atoms with Gasteiger partial charge in [-0.15, -0.1) is 11.5 Å². The average Bonchev–Trinajstić information content (AvgIpc) is 2.61. The molecule has 2 fully saturated rings. The van der Waals surface area contributed by atoms with Gasteiger partial charge in [-0.05, 0) is 26.0 Å². The summed E-state index contributed by atoms with van der Waals surface area (Å²) in [5.74, 6) is 3.57. The molecule has 0 radical (unpaired) electrons. The van der Waals surface area contributed by atoms with E-state index in [1.807, 2.05) is 6.07 Å². The molecule has 17 heavy (non-hydrogen) atoms. The largest absolute Gasteiger partial charge is 0.351 e. The van der Waals surface area contributed by atoms with Gasteiger partial charge in [0, 0.05) is 25.2 Å². The lowest BCUT2D eigenvalue weighted by atomic mass is 10.2. The highest BCUT2D eigenvalue weighted by Crippen LogP contribution is 2.31. The fourth-order valence-corrected chi connectivity index (χ4v) is 2.96. The molecule has 3 heterocycles. The van der Waals surface area contributed by atoms with E-state index in [1.165, 1.54) is 12.8 Å². The van der Waals surface area contributed by atoms with Gasteiger partial charge < -0.3 is 4.90 Å². The fourth-order valence-electron chi connectivity index (χ4n) is 2.96. The van der Waals surface area contributed by atoms with Crippen LogP contribution in [0.1, 0.15) is 18.4 Å². The molecule has 0 aliphatic carbocycles. The second-order valence-corrected chi connectivity index (χ2v) is 4.87. The van der Waals surface area contributed by atoms with Gasteiger partial charge in [0.15, 0.2) is 5.82 Å². The molecule has 4 heteroatoms. The average molecular weight is 228 g/mol. The van der Waals surface area contributed by atoms with E-state index in [2.05, 4.69) is 33.0 Å². The van der Waals surface area contributed by atoms with Crippen LogP contribution in [0.25, 0.3) is 0 Å². The first-order valence-corrected chi connectivity index (χ1v) is 6.05. The summed E-state index contributed by atoms with van der Waals surface area (Å²) >= 11 is 0. The lowest BCUT2D eigenvalue weighted by Gasteiger charge is -2.39. The summed E-state index contributed by atoms with van der Waals surface area (Å²) in [4.78, 5) is 4.78. The Morgan fingerprint density at radius 3 is 2.71 bits per heavy atom. The zero-order valence-corrected chi connectivity index (χ0v) is 10.0. The molecule has 3 rings (SSSR count). The van der Waals surface area contributed by atoms with Crippen molar-refractivity contribution in [3.63, 3.8) is 0 Å². The molecule has 0 spiro atoms. The SMILES string of the molecule is C#Cc1ccnnc1N1CC2CCC(C1)N2C. The molecule has 2 unspecified atom stereocenters. The summed E-state index contributed by atoms with van der Waals surface area (Å²) in [7, 11) is 2.22. The number of aromatic nitrogens is 2. The normalized spacial score (nSPS) is 28.1. The van der Waals surface area contributed by atoms with Gasteiger partial charge in [-0.3, -0.25) is 4.90 Å². The highest BCUT2D eigenvalue weighted by atomic mass is 15.3. The number of piperazine rings is 1. The zero-order chi connectivity index (χ0) is 11.8. The van der Waals surface area contributed by atoms with Gasteiger partial charge in [0.05, 0.1) is 11.8 Å². The molecule has 0 N–H and O–H groups in total. The van der Waals surface area contributed by atoms with Crippen molar-refractivity contribution in [3.05, 3.63) is 17.8 Å². The zero-order valence-electron chi connectivity index (χ0n) is 10.0. The minimum Gasteiger partial charge on any atom is -0.351 e. The van der Waals surface area contributed by atoms with E-state index in [4.69, 9.17) is 6.42 Å². The monoisotopic (exact) mass is 228 g/mol. The third-order valence-electron chi connectivity index (χ3n) is 4.00. The molecule has 4 nitrogen and oxygen atoms in total. The molecule has 2 aliphatic heterocycles. The van der Waals surface area contributed by atoms with Crippen molar-refractivity contribution in [2.24, 2.45) is 0 Å². The van der Waals surface area contributed by atoms with Crippen LogP contribution in [0.4, 0.5) is 5.82 Å². The first-order chi connectivity index (χ1) is 8.29. The molecule has 0 aromatic carbocycles. The molecule has 2 atom stereocenters. The van der Waals surface area contributed by atoms with Crippen LogP contribution in [0.3, 0.4) is 0 Å². The van der Waals surface area contributed by atoms with Crippen molar-refractivity contribution in [2.75, 3.05) is 25.0 Å². The predicted octanol–water partition coefficient (Wildman–Crippen LogP) is 0.741. The summed E-state index contributed by atoms with van der Waals surface area (Å²) in [6.07, 6.45) is 9.73. The van der Waals surface area contributed by atoms with Gasteiger partial charge in [-0.25, -0.2) is 0 Å².